The summed E-state index contributed by atoms with van der Waals surface area (Å²) in [7, 11) is 0. The summed E-state index contributed by atoms with van der Waals surface area (Å²) in [6, 6.07) is 0. The maximum absolute atomic E-state index is 11.0. The zero-order chi connectivity index (χ0) is 11.9. The van der Waals surface area contributed by atoms with Gasteiger partial charge in [0.1, 0.15) is 0 Å². The van der Waals surface area contributed by atoms with Crippen molar-refractivity contribution >= 4 is 6.16 Å². The van der Waals surface area contributed by atoms with Gasteiger partial charge in [0.2, 0.25) is 0 Å². The fraction of sp³-hybridized carbons (Fsp3) is 0.917. The number of hydrogen-bond acceptors (Lipinski definition) is 3. The fourth-order valence-corrected chi connectivity index (χ4v) is 1.14. The largest absolute Gasteiger partial charge is 0.508 e. The predicted molar refractivity (Wildman–Crippen MR) is 60.9 cm³/mol. The molecule has 0 fully saturated rings. The summed E-state index contributed by atoms with van der Waals surface area (Å²) in [6.45, 7) is 10.7. The number of carbonyl (C=O) groups excluding carboxylic acids is 1. The molecule has 0 bridgehead atoms. The topological polar surface area (TPSA) is 35.5 Å². The molecule has 90 valence electrons. The van der Waals surface area contributed by atoms with Gasteiger partial charge in [-0.05, 0) is 38.5 Å². The molecule has 0 N–H and O–H groups in total. The van der Waals surface area contributed by atoms with Gasteiger partial charge in [0.05, 0.1) is 12.7 Å². The highest BCUT2D eigenvalue weighted by molar-refractivity contribution is 5.59. The molecule has 0 aliphatic carbocycles. The van der Waals surface area contributed by atoms with E-state index in [1.165, 1.54) is 0 Å². The van der Waals surface area contributed by atoms with E-state index in [1.54, 1.807) is 13.8 Å². The normalized spacial score (nSPS) is 11.6. The quantitative estimate of drug-likeness (QED) is 0.518. The van der Waals surface area contributed by atoms with Crippen molar-refractivity contribution in [3.63, 3.8) is 0 Å². The third-order valence-electron chi connectivity index (χ3n) is 1.87. The first-order valence-electron chi connectivity index (χ1n) is 5.65. The lowest BCUT2D eigenvalue weighted by Gasteiger charge is -2.17. The minimum absolute atomic E-state index is 0.105. The SMILES string of the molecule is CC(C)OC(=O)OCCCCC(C)(C)C. The van der Waals surface area contributed by atoms with Gasteiger partial charge in [0.25, 0.3) is 0 Å². The molecule has 0 aromatic heterocycles. The van der Waals surface area contributed by atoms with Crippen molar-refractivity contribution in [1.82, 2.24) is 0 Å². The van der Waals surface area contributed by atoms with Crippen LogP contribution in [0.3, 0.4) is 0 Å². The summed E-state index contributed by atoms with van der Waals surface area (Å²) in [5.41, 5.74) is 0.360. The average molecular weight is 216 g/mol. The zero-order valence-corrected chi connectivity index (χ0v) is 10.6. The van der Waals surface area contributed by atoms with Crippen LogP contribution in [0.1, 0.15) is 53.9 Å². The van der Waals surface area contributed by atoms with E-state index in [0.717, 1.165) is 19.3 Å². The Bertz CT molecular complexity index is 180. The summed E-state index contributed by atoms with van der Waals surface area (Å²) < 4.78 is 9.74. The van der Waals surface area contributed by atoms with Gasteiger partial charge in [0.15, 0.2) is 0 Å². The Kier molecular flexibility index (Phi) is 6.37. The third kappa shape index (κ3) is 11.2. The van der Waals surface area contributed by atoms with Gasteiger partial charge >= 0.3 is 6.16 Å². The van der Waals surface area contributed by atoms with Gasteiger partial charge in [-0.2, -0.15) is 0 Å². The lowest BCUT2D eigenvalue weighted by atomic mass is 9.90. The summed E-state index contributed by atoms with van der Waals surface area (Å²) >= 11 is 0. The van der Waals surface area contributed by atoms with Crippen LogP contribution in [-0.4, -0.2) is 18.9 Å². The first kappa shape index (κ1) is 14.3. The third-order valence-corrected chi connectivity index (χ3v) is 1.87. The van der Waals surface area contributed by atoms with Crippen molar-refractivity contribution in [3.05, 3.63) is 0 Å². The van der Waals surface area contributed by atoms with Crippen LogP contribution in [-0.2, 0) is 9.47 Å². The molecule has 0 atom stereocenters. The minimum atomic E-state index is -0.555. The molecule has 0 unspecified atom stereocenters. The lowest BCUT2D eigenvalue weighted by Crippen LogP contribution is -2.14. The second-order valence-electron chi connectivity index (χ2n) is 5.28. The van der Waals surface area contributed by atoms with Crippen molar-refractivity contribution in [2.45, 2.75) is 60.0 Å². The number of unbranched alkanes of at least 4 members (excludes halogenated alkanes) is 1. The summed E-state index contributed by atoms with van der Waals surface area (Å²) in [5, 5.41) is 0. The molecule has 3 nitrogen and oxygen atoms in total. The van der Waals surface area contributed by atoms with Crippen LogP contribution in [0, 0.1) is 5.41 Å². The van der Waals surface area contributed by atoms with Crippen LogP contribution < -0.4 is 0 Å². The van der Waals surface area contributed by atoms with E-state index >= 15 is 0 Å². The van der Waals surface area contributed by atoms with Gasteiger partial charge < -0.3 is 9.47 Å². The molecular weight excluding hydrogens is 192 g/mol. The monoisotopic (exact) mass is 216 g/mol. The Balaban J connectivity index is 3.35. The summed E-state index contributed by atoms with van der Waals surface area (Å²) in [4.78, 5) is 11.0. The second kappa shape index (κ2) is 6.70. The molecule has 15 heavy (non-hydrogen) atoms. The van der Waals surface area contributed by atoms with E-state index < -0.39 is 6.16 Å². The molecule has 0 saturated carbocycles. The lowest BCUT2D eigenvalue weighted by molar-refractivity contribution is 0.0334. The molecule has 0 amide bonds. The highest BCUT2D eigenvalue weighted by Gasteiger charge is 2.10. The predicted octanol–water partition coefficient (Wildman–Crippen LogP) is 3.76. The van der Waals surface area contributed by atoms with Crippen LogP contribution in [0.25, 0.3) is 0 Å². The van der Waals surface area contributed by atoms with Crippen LogP contribution in [0.2, 0.25) is 0 Å². The van der Waals surface area contributed by atoms with Crippen LogP contribution >= 0.6 is 0 Å². The van der Waals surface area contributed by atoms with E-state index in [9.17, 15) is 4.79 Å². The minimum Gasteiger partial charge on any atom is -0.434 e. The number of carbonyl (C=O) groups is 1. The standard InChI is InChI=1S/C12H24O3/c1-10(2)15-11(13)14-9-7-6-8-12(3,4)5/h10H,6-9H2,1-5H3. The maximum atomic E-state index is 11.0. The Morgan fingerprint density at radius 2 is 1.80 bits per heavy atom. The van der Waals surface area contributed by atoms with E-state index in [-0.39, 0.29) is 6.10 Å². The van der Waals surface area contributed by atoms with Gasteiger partial charge in [0, 0.05) is 0 Å². The van der Waals surface area contributed by atoms with Gasteiger partial charge in [-0.3, -0.25) is 0 Å². The van der Waals surface area contributed by atoms with Crippen LogP contribution in [0.4, 0.5) is 4.79 Å². The second-order valence-corrected chi connectivity index (χ2v) is 5.28. The molecule has 0 aromatic rings. The highest BCUT2D eigenvalue weighted by atomic mass is 16.7. The van der Waals surface area contributed by atoms with Crippen LogP contribution in [0.15, 0.2) is 0 Å². The molecule has 0 heterocycles. The zero-order valence-electron chi connectivity index (χ0n) is 10.6. The van der Waals surface area contributed by atoms with Gasteiger partial charge in [-0.25, -0.2) is 4.79 Å². The molecule has 3 heteroatoms. The Morgan fingerprint density at radius 3 is 2.27 bits per heavy atom. The molecule has 0 radical (unpaired) electrons. The first-order chi connectivity index (χ1) is 6.81. The van der Waals surface area contributed by atoms with E-state index in [2.05, 4.69) is 20.8 Å². The number of hydrogen-bond donors (Lipinski definition) is 0. The van der Waals surface area contributed by atoms with E-state index in [1.807, 2.05) is 0 Å². The number of rotatable bonds is 5. The molecular formula is C12H24O3. The Morgan fingerprint density at radius 1 is 1.20 bits per heavy atom. The highest BCUT2D eigenvalue weighted by Crippen LogP contribution is 2.21. The molecule has 0 aromatic carbocycles. The Hall–Kier alpha value is -0.730. The van der Waals surface area contributed by atoms with Crippen molar-refractivity contribution in [3.8, 4) is 0 Å². The molecule has 0 aliphatic heterocycles. The van der Waals surface area contributed by atoms with Crippen LogP contribution in [0.5, 0.6) is 0 Å². The maximum Gasteiger partial charge on any atom is 0.508 e. The summed E-state index contributed by atoms with van der Waals surface area (Å²) in [5.74, 6) is 0. The van der Waals surface area contributed by atoms with Crippen molar-refractivity contribution in [2.75, 3.05) is 6.61 Å². The first-order valence-corrected chi connectivity index (χ1v) is 5.65. The molecule has 0 spiro atoms. The van der Waals surface area contributed by atoms with Gasteiger partial charge in [-0.1, -0.05) is 20.8 Å². The summed E-state index contributed by atoms with van der Waals surface area (Å²) in [6.07, 6.45) is 2.48. The van der Waals surface area contributed by atoms with E-state index in [0.29, 0.717) is 12.0 Å². The van der Waals surface area contributed by atoms with Crippen molar-refractivity contribution < 1.29 is 14.3 Å². The number of ether oxygens (including phenoxy) is 2. The Labute approximate surface area is 93.1 Å². The van der Waals surface area contributed by atoms with Crippen molar-refractivity contribution in [2.24, 2.45) is 5.41 Å². The molecule has 0 saturated heterocycles. The van der Waals surface area contributed by atoms with E-state index in [4.69, 9.17) is 9.47 Å². The van der Waals surface area contributed by atoms with Gasteiger partial charge in [-0.15, -0.1) is 0 Å². The fourth-order valence-electron chi connectivity index (χ4n) is 1.14. The molecule has 0 rings (SSSR count). The molecule has 0 aliphatic rings. The smallest absolute Gasteiger partial charge is 0.434 e. The average Bonchev–Trinajstić information content (AvgIpc) is 1.99. The van der Waals surface area contributed by atoms with Crippen molar-refractivity contribution in [1.29, 1.82) is 0 Å².